The molecule has 0 aliphatic heterocycles. The van der Waals surface area contributed by atoms with Crippen molar-refractivity contribution in [2.24, 2.45) is 5.41 Å². The Labute approximate surface area is 114 Å². The fourth-order valence-corrected chi connectivity index (χ4v) is 2.98. The number of rotatable bonds is 7. The van der Waals surface area contributed by atoms with Gasteiger partial charge in [0.25, 0.3) is 0 Å². The largest absolute Gasteiger partial charge is 0.228 e. The van der Waals surface area contributed by atoms with E-state index in [0.717, 1.165) is 19.3 Å². The molecular formula is C15H32O2S. The lowest BCUT2D eigenvalue weighted by molar-refractivity contribution is 0.357. The zero-order valence-corrected chi connectivity index (χ0v) is 14.0. The summed E-state index contributed by atoms with van der Waals surface area (Å²) in [7, 11) is -2.91. The average Bonchev–Trinajstić information content (AvgIpc) is 2.12. The van der Waals surface area contributed by atoms with Crippen molar-refractivity contribution >= 4 is 9.84 Å². The van der Waals surface area contributed by atoms with E-state index in [2.05, 4.69) is 20.8 Å². The summed E-state index contributed by atoms with van der Waals surface area (Å²) in [6, 6.07) is 0. The molecule has 0 spiro atoms. The molecule has 0 saturated heterocycles. The first-order valence-corrected chi connectivity index (χ1v) is 8.83. The molecule has 0 aromatic heterocycles. The molecule has 0 rings (SSSR count). The maximum atomic E-state index is 11.9. The van der Waals surface area contributed by atoms with Gasteiger partial charge in [-0.15, -0.1) is 0 Å². The molecule has 0 aromatic rings. The van der Waals surface area contributed by atoms with Gasteiger partial charge in [0.05, 0.1) is 10.5 Å². The highest BCUT2D eigenvalue weighted by atomic mass is 32.2. The maximum absolute atomic E-state index is 11.9. The fraction of sp³-hybridized carbons (Fsp3) is 1.00. The van der Waals surface area contributed by atoms with E-state index in [4.69, 9.17) is 0 Å². The van der Waals surface area contributed by atoms with E-state index in [1.807, 2.05) is 0 Å². The quantitative estimate of drug-likeness (QED) is 0.637. The van der Waals surface area contributed by atoms with Crippen molar-refractivity contribution < 1.29 is 8.42 Å². The predicted octanol–water partition coefficient (Wildman–Crippen LogP) is 4.59. The molecule has 0 unspecified atom stereocenters. The van der Waals surface area contributed by atoms with Gasteiger partial charge in [-0.3, -0.25) is 0 Å². The Balaban J connectivity index is 3.65. The summed E-state index contributed by atoms with van der Waals surface area (Å²) in [5, 5.41) is 0. The van der Waals surface area contributed by atoms with Gasteiger partial charge in [-0.2, -0.15) is 0 Å². The molecule has 0 bridgehead atoms. The van der Waals surface area contributed by atoms with Crippen LogP contribution in [0.4, 0.5) is 0 Å². The Morgan fingerprint density at radius 1 is 0.722 bits per heavy atom. The van der Waals surface area contributed by atoms with Crippen LogP contribution in [0.5, 0.6) is 0 Å². The monoisotopic (exact) mass is 276 g/mol. The third kappa shape index (κ3) is 8.12. The topological polar surface area (TPSA) is 34.1 Å². The van der Waals surface area contributed by atoms with Crippen LogP contribution in [0.15, 0.2) is 0 Å². The molecule has 0 amide bonds. The Morgan fingerprint density at radius 3 is 1.61 bits per heavy atom. The Morgan fingerprint density at radius 2 is 1.17 bits per heavy atom. The van der Waals surface area contributed by atoms with Crippen molar-refractivity contribution in [3.05, 3.63) is 0 Å². The van der Waals surface area contributed by atoms with Crippen LogP contribution in [-0.2, 0) is 9.84 Å². The average molecular weight is 276 g/mol. The summed E-state index contributed by atoms with van der Waals surface area (Å²) < 4.78 is 23.1. The second-order valence-corrected chi connectivity index (χ2v) is 10.4. The number of hydrogen-bond acceptors (Lipinski definition) is 2. The number of hydrogen-bond donors (Lipinski definition) is 0. The minimum atomic E-state index is -2.91. The van der Waals surface area contributed by atoms with Crippen molar-refractivity contribution in [2.75, 3.05) is 5.75 Å². The smallest absolute Gasteiger partial charge is 0.155 e. The lowest BCUT2D eigenvalue weighted by Crippen LogP contribution is -2.30. The molecule has 2 nitrogen and oxygen atoms in total. The van der Waals surface area contributed by atoms with Crippen molar-refractivity contribution in [1.29, 1.82) is 0 Å². The number of sulfone groups is 1. The zero-order chi connectivity index (χ0) is 14.4. The first kappa shape index (κ1) is 17.9. The van der Waals surface area contributed by atoms with Crippen LogP contribution in [0.3, 0.4) is 0 Å². The van der Waals surface area contributed by atoms with Gasteiger partial charge in [-0.25, -0.2) is 8.42 Å². The normalized spacial score (nSPS) is 13.9. The van der Waals surface area contributed by atoms with Crippen LogP contribution < -0.4 is 0 Å². The van der Waals surface area contributed by atoms with Crippen LogP contribution in [0.2, 0.25) is 0 Å². The maximum Gasteiger partial charge on any atom is 0.155 e. The Kier molecular flexibility index (Phi) is 6.91. The van der Waals surface area contributed by atoms with E-state index >= 15 is 0 Å². The first-order valence-electron chi connectivity index (χ1n) is 7.18. The molecule has 0 aliphatic rings. The van der Waals surface area contributed by atoms with Crippen molar-refractivity contribution in [3.63, 3.8) is 0 Å². The van der Waals surface area contributed by atoms with E-state index in [1.54, 1.807) is 20.8 Å². The molecule has 3 heteroatoms. The summed E-state index contributed by atoms with van der Waals surface area (Å²) in [5.74, 6) is 0.343. The van der Waals surface area contributed by atoms with Crippen LogP contribution in [0.25, 0.3) is 0 Å². The second kappa shape index (κ2) is 6.93. The van der Waals surface area contributed by atoms with Gasteiger partial charge in [0.2, 0.25) is 0 Å². The molecule has 18 heavy (non-hydrogen) atoms. The van der Waals surface area contributed by atoms with Gasteiger partial charge < -0.3 is 0 Å². The zero-order valence-electron chi connectivity index (χ0n) is 13.2. The van der Waals surface area contributed by atoms with Crippen molar-refractivity contribution in [3.8, 4) is 0 Å². The van der Waals surface area contributed by atoms with E-state index in [-0.39, 0.29) is 0 Å². The molecule has 110 valence electrons. The third-order valence-electron chi connectivity index (χ3n) is 3.27. The molecule has 0 heterocycles. The lowest BCUT2D eigenvalue weighted by atomic mass is 9.89. The highest BCUT2D eigenvalue weighted by Gasteiger charge is 2.27. The second-order valence-electron chi connectivity index (χ2n) is 7.51. The summed E-state index contributed by atoms with van der Waals surface area (Å²) in [6.07, 6.45) is 6.76. The van der Waals surface area contributed by atoms with Gasteiger partial charge in [0.15, 0.2) is 9.84 Å². The van der Waals surface area contributed by atoms with Gasteiger partial charge in [0.1, 0.15) is 0 Å². The Hall–Kier alpha value is -0.0500. The predicted molar refractivity (Wildman–Crippen MR) is 80.7 cm³/mol. The van der Waals surface area contributed by atoms with Crippen LogP contribution in [-0.4, -0.2) is 18.9 Å². The summed E-state index contributed by atoms with van der Waals surface area (Å²) in [5.41, 5.74) is 0.426. The van der Waals surface area contributed by atoms with Gasteiger partial charge in [-0.05, 0) is 39.0 Å². The third-order valence-corrected chi connectivity index (χ3v) is 5.97. The SMILES string of the molecule is CC(C)(C)CCCCCCCS(=O)(=O)C(C)(C)C. The lowest BCUT2D eigenvalue weighted by Gasteiger charge is -2.19. The van der Waals surface area contributed by atoms with Crippen LogP contribution in [0.1, 0.15) is 80.1 Å². The van der Waals surface area contributed by atoms with Gasteiger partial charge in [-0.1, -0.05) is 46.5 Å². The van der Waals surface area contributed by atoms with E-state index in [0.29, 0.717) is 11.2 Å². The number of unbranched alkanes of at least 4 members (excludes halogenated alkanes) is 4. The Bertz CT molecular complexity index is 315. The van der Waals surface area contributed by atoms with Crippen LogP contribution >= 0.6 is 0 Å². The van der Waals surface area contributed by atoms with Crippen molar-refractivity contribution in [2.45, 2.75) is 84.8 Å². The standard InChI is InChI=1S/C15H32O2S/c1-14(2,3)12-10-8-7-9-11-13-18(16,17)15(4,5)6/h7-13H2,1-6H3. The molecule has 0 aromatic carbocycles. The highest BCUT2D eigenvalue weighted by Crippen LogP contribution is 2.23. The minimum Gasteiger partial charge on any atom is -0.228 e. The summed E-state index contributed by atoms with van der Waals surface area (Å²) in [4.78, 5) is 0. The van der Waals surface area contributed by atoms with Gasteiger partial charge >= 0.3 is 0 Å². The van der Waals surface area contributed by atoms with Crippen molar-refractivity contribution in [1.82, 2.24) is 0 Å². The van der Waals surface area contributed by atoms with Crippen LogP contribution in [0, 0.1) is 5.41 Å². The van der Waals surface area contributed by atoms with Gasteiger partial charge in [0, 0.05) is 0 Å². The minimum absolute atomic E-state index is 0.343. The molecule has 0 N–H and O–H groups in total. The molecule has 0 radical (unpaired) electrons. The summed E-state index contributed by atoms with van der Waals surface area (Å²) >= 11 is 0. The first-order chi connectivity index (χ1) is 7.96. The van der Waals surface area contributed by atoms with E-state index < -0.39 is 14.6 Å². The highest BCUT2D eigenvalue weighted by molar-refractivity contribution is 7.92. The molecule has 0 aliphatic carbocycles. The van der Waals surface area contributed by atoms with E-state index in [1.165, 1.54) is 19.3 Å². The molecule has 0 atom stereocenters. The molecule has 0 fully saturated rings. The fourth-order valence-electron chi connectivity index (χ4n) is 1.78. The summed E-state index contributed by atoms with van der Waals surface area (Å²) in [6.45, 7) is 12.2. The molecular weight excluding hydrogens is 244 g/mol. The van der Waals surface area contributed by atoms with E-state index in [9.17, 15) is 8.42 Å². The molecule has 0 saturated carbocycles.